The molecule has 0 aromatic heterocycles. The summed E-state index contributed by atoms with van der Waals surface area (Å²) in [5.74, 6) is 1.90. The molecular formula is C18H28N2O. The number of para-hydroxylation sites is 1. The van der Waals surface area contributed by atoms with E-state index in [-0.39, 0.29) is 0 Å². The molecule has 1 fully saturated rings. The molecule has 2 aliphatic rings. The van der Waals surface area contributed by atoms with Gasteiger partial charge in [0.2, 0.25) is 0 Å². The number of nitrogens with zero attached hydrogens (tertiary/aromatic N) is 1. The normalized spacial score (nSPS) is 26.7. The van der Waals surface area contributed by atoms with Crippen molar-refractivity contribution in [3.8, 4) is 5.75 Å². The highest BCUT2D eigenvalue weighted by molar-refractivity contribution is 5.33. The number of benzene rings is 1. The van der Waals surface area contributed by atoms with Gasteiger partial charge in [0.1, 0.15) is 12.4 Å². The van der Waals surface area contributed by atoms with E-state index in [0.717, 1.165) is 50.5 Å². The molecule has 1 heterocycles. The van der Waals surface area contributed by atoms with Gasteiger partial charge in [-0.05, 0) is 24.8 Å². The summed E-state index contributed by atoms with van der Waals surface area (Å²) in [7, 11) is 0. The summed E-state index contributed by atoms with van der Waals surface area (Å²) in [5, 5.41) is 3.78. The summed E-state index contributed by atoms with van der Waals surface area (Å²) in [6.07, 6.45) is 5.56. The zero-order valence-electron chi connectivity index (χ0n) is 13.2. The van der Waals surface area contributed by atoms with Crippen molar-refractivity contribution in [1.82, 2.24) is 10.2 Å². The van der Waals surface area contributed by atoms with Crippen molar-refractivity contribution in [3.05, 3.63) is 29.8 Å². The van der Waals surface area contributed by atoms with E-state index in [1.165, 1.54) is 31.2 Å². The maximum absolute atomic E-state index is 5.83. The molecule has 0 saturated heterocycles. The number of hydrogen-bond donors (Lipinski definition) is 1. The van der Waals surface area contributed by atoms with E-state index in [2.05, 4.69) is 41.4 Å². The highest BCUT2D eigenvalue weighted by Crippen LogP contribution is 2.24. The van der Waals surface area contributed by atoms with Crippen LogP contribution in [-0.4, -0.2) is 37.2 Å². The fraction of sp³-hybridized carbons (Fsp3) is 0.667. The van der Waals surface area contributed by atoms with Gasteiger partial charge in [-0.3, -0.25) is 4.90 Å². The number of hydrogen-bond acceptors (Lipinski definition) is 3. The first-order valence-electron chi connectivity index (χ1n) is 8.49. The molecule has 0 spiro atoms. The SMILES string of the molecule is CC1CCCCC1NCCN1CCOc2ccccc2C1. The highest BCUT2D eigenvalue weighted by atomic mass is 16.5. The van der Waals surface area contributed by atoms with Crippen molar-refractivity contribution in [1.29, 1.82) is 0 Å². The van der Waals surface area contributed by atoms with Crippen LogP contribution in [0, 0.1) is 5.92 Å². The third-order valence-electron chi connectivity index (χ3n) is 4.98. The summed E-state index contributed by atoms with van der Waals surface area (Å²) in [6, 6.07) is 9.16. The fourth-order valence-corrected chi connectivity index (χ4v) is 3.60. The Morgan fingerprint density at radius 1 is 1.24 bits per heavy atom. The van der Waals surface area contributed by atoms with Gasteiger partial charge < -0.3 is 10.1 Å². The molecule has 116 valence electrons. The van der Waals surface area contributed by atoms with Crippen LogP contribution in [0.2, 0.25) is 0 Å². The van der Waals surface area contributed by atoms with Crippen LogP contribution in [0.15, 0.2) is 24.3 Å². The Hall–Kier alpha value is -1.06. The van der Waals surface area contributed by atoms with Gasteiger partial charge in [-0.1, -0.05) is 38.0 Å². The van der Waals surface area contributed by atoms with Crippen LogP contribution in [0.25, 0.3) is 0 Å². The van der Waals surface area contributed by atoms with Gasteiger partial charge in [0, 0.05) is 37.8 Å². The van der Waals surface area contributed by atoms with E-state index in [9.17, 15) is 0 Å². The average molecular weight is 288 g/mol. The zero-order valence-corrected chi connectivity index (χ0v) is 13.2. The van der Waals surface area contributed by atoms with Crippen LogP contribution in [0.5, 0.6) is 5.75 Å². The molecule has 1 aromatic rings. The van der Waals surface area contributed by atoms with E-state index >= 15 is 0 Å². The quantitative estimate of drug-likeness (QED) is 0.921. The second-order valence-corrected chi connectivity index (χ2v) is 6.55. The van der Waals surface area contributed by atoms with Gasteiger partial charge >= 0.3 is 0 Å². The van der Waals surface area contributed by atoms with Crippen molar-refractivity contribution in [2.75, 3.05) is 26.2 Å². The van der Waals surface area contributed by atoms with E-state index in [1.807, 2.05) is 0 Å². The highest BCUT2D eigenvalue weighted by Gasteiger charge is 2.21. The smallest absolute Gasteiger partial charge is 0.123 e. The minimum atomic E-state index is 0.731. The van der Waals surface area contributed by atoms with Crippen LogP contribution in [0.4, 0.5) is 0 Å². The Morgan fingerprint density at radius 2 is 2.10 bits per heavy atom. The van der Waals surface area contributed by atoms with Crippen LogP contribution >= 0.6 is 0 Å². The maximum atomic E-state index is 5.83. The van der Waals surface area contributed by atoms with Crippen LogP contribution in [0.3, 0.4) is 0 Å². The topological polar surface area (TPSA) is 24.5 Å². The lowest BCUT2D eigenvalue weighted by atomic mass is 9.86. The van der Waals surface area contributed by atoms with E-state index < -0.39 is 0 Å². The Balaban J connectivity index is 1.47. The van der Waals surface area contributed by atoms with E-state index in [1.54, 1.807) is 0 Å². The predicted molar refractivity (Wildman–Crippen MR) is 86.6 cm³/mol. The minimum Gasteiger partial charge on any atom is -0.492 e. The Bertz CT molecular complexity index is 449. The lowest BCUT2D eigenvalue weighted by molar-refractivity contribution is 0.213. The third kappa shape index (κ3) is 3.98. The zero-order chi connectivity index (χ0) is 14.5. The molecule has 1 saturated carbocycles. The first kappa shape index (κ1) is 14.9. The summed E-state index contributed by atoms with van der Waals surface area (Å²) in [5.41, 5.74) is 1.32. The van der Waals surface area contributed by atoms with E-state index in [0.29, 0.717) is 0 Å². The Labute approximate surface area is 128 Å². The summed E-state index contributed by atoms with van der Waals surface area (Å²) < 4.78 is 5.83. The van der Waals surface area contributed by atoms with Gasteiger partial charge in [0.15, 0.2) is 0 Å². The number of fused-ring (bicyclic) bond motifs is 1. The first-order chi connectivity index (χ1) is 10.3. The molecule has 2 unspecified atom stereocenters. The second kappa shape index (κ2) is 7.28. The molecule has 1 aliphatic heterocycles. The van der Waals surface area contributed by atoms with Crippen molar-refractivity contribution < 1.29 is 4.74 Å². The Morgan fingerprint density at radius 3 is 3.00 bits per heavy atom. The number of nitrogens with one attached hydrogen (secondary N) is 1. The predicted octanol–water partition coefficient (Wildman–Crippen LogP) is 3.05. The lowest BCUT2D eigenvalue weighted by Crippen LogP contribution is -2.41. The van der Waals surface area contributed by atoms with Gasteiger partial charge in [-0.2, -0.15) is 0 Å². The van der Waals surface area contributed by atoms with Crippen molar-refractivity contribution in [3.63, 3.8) is 0 Å². The van der Waals surface area contributed by atoms with Crippen molar-refractivity contribution in [2.24, 2.45) is 5.92 Å². The number of rotatable bonds is 4. The largest absolute Gasteiger partial charge is 0.492 e. The van der Waals surface area contributed by atoms with Crippen LogP contribution in [-0.2, 0) is 6.54 Å². The fourth-order valence-electron chi connectivity index (χ4n) is 3.60. The van der Waals surface area contributed by atoms with Gasteiger partial charge in [-0.25, -0.2) is 0 Å². The molecule has 3 heteroatoms. The lowest BCUT2D eigenvalue weighted by Gasteiger charge is -2.30. The minimum absolute atomic E-state index is 0.731. The standard InChI is InChI=1S/C18H28N2O/c1-15-6-2-4-8-17(15)19-10-11-20-12-13-21-18-9-5-3-7-16(18)14-20/h3,5,7,9,15,17,19H,2,4,6,8,10-14H2,1H3. The molecule has 3 rings (SSSR count). The molecule has 1 aliphatic carbocycles. The molecule has 2 atom stereocenters. The molecule has 1 N–H and O–H groups in total. The summed E-state index contributed by atoms with van der Waals surface area (Å²) in [6.45, 7) is 7.44. The number of ether oxygens (including phenoxy) is 1. The Kier molecular flexibility index (Phi) is 5.15. The molecule has 0 radical (unpaired) electrons. The van der Waals surface area contributed by atoms with Crippen molar-refractivity contribution >= 4 is 0 Å². The van der Waals surface area contributed by atoms with Crippen molar-refractivity contribution in [2.45, 2.75) is 45.2 Å². The first-order valence-corrected chi connectivity index (χ1v) is 8.49. The second-order valence-electron chi connectivity index (χ2n) is 6.55. The van der Waals surface area contributed by atoms with Gasteiger partial charge in [0.05, 0.1) is 0 Å². The average Bonchev–Trinajstić information content (AvgIpc) is 2.71. The molecule has 0 amide bonds. The van der Waals surface area contributed by atoms with Crippen LogP contribution in [0.1, 0.15) is 38.2 Å². The maximum Gasteiger partial charge on any atom is 0.123 e. The summed E-state index contributed by atoms with van der Waals surface area (Å²) >= 11 is 0. The monoisotopic (exact) mass is 288 g/mol. The molecule has 1 aromatic carbocycles. The van der Waals surface area contributed by atoms with Gasteiger partial charge in [-0.15, -0.1) is 0 Å². The molecule has 0 bridgehead atoms. The molecule has 3 nitrogen and oxygen atoms in total. The van der Waals surface area contributed by atoms with Crippen LogP contribution < -0.4 is 10.1 Å². The molecule has 21 heavy (non-hydrogen) atoms. The summed E-state index contributed by atoms with van der Waals surface area (Å²) in [4.78, 5) is 2.51. The van der Waals surface area contributed by atoms with Gasteiger partial charge in [0.25, 0.3) is 0 Å². The molecular weight excluding hydrogens is 260 g/mol. The van der Waals surface area contributed by atoms with E-state index in [4.69, 9.17) is 4.74 Å². The third-order valence-corrected chi connectivity index (χ3v) is 4.98.